The fourth-order valence-electron chi connectivity index (χ4n) is 3.80. The average Bonchev–Trinajstić information content (AvgIpc) is 2.69. The monoisotopic (exact) mass is 361 g/mol. The number of amides is 1. The molecule has 3 N–H and O–H groups in total. The summed E-state index contributed by atoms with van der Waals surface area (Å²) in [5.74, 6) is -0.475. The van der Waals surface area contributed by atoms with Gasteiger partial charge in [0.2, 0.25) is 0 Å². The zero-order valence-electron chi connectivity index (χ0n) is 15.4. The Hall–Kier alpha value is -3.15. The van der Waals surface area contributed by atoms with Crippen LogP contribution in [-0.2, 0) is 0 Å². The predicted octanol–water partition coefficient (Wildman–Crippen LogP) is 3.12. The normalized spacial score (nSPS) is 15.1. The maximum Gasteiger partial charge on any atom is 0.250 e. The highest BCUT2D eigenvalue weighted by Gasteiger charge is 2.21. The van der Waals surface area contributed by atoms with Crippen molar-refractivity contribution in [1.29, 1.82) is 0 Å². The molecule has 3 aromatic rings. The molecule has 0 unspecified atom stereocenters. The highest BCUT2D eigenvalue weighted by molar-refractivity contribution is 6.07. The molecule has 6 nitrogen and oxygen atoms in total. The number of para-hydroxylation sites is 1. The number of hydrogen-bond donors (Lipinski definition) is 2. The van der Waals surface area contributed by atoms with Gasteiger partial charge in [-0.25, -0.2) is 9.97 Å². The lowest BCUT2D eigenvalue weighted by atomic mass is 10.0. The summed E-state index contributed by atoms with van der Waals surface area (Å²) in [7, 11) is 0. The first kappa shape index (κ1) is 17.3. The van der Waals surface area contributed by atoms with E-state index >= 15 is 0 Å². The number of piperidine rings is 1. The molecule has 0 radical (unpaired) electrons. The number of rotatable bonds is 4. The first-order valence-corrected chi connectivity index (χ1v) is 9.23. The second-order valence-corrected chi connectivity index (χ2v) is 7.00. The van der Waals surface area contributed by atoms with E-state index in [0.29, 0.717) is 17.1 Å². The third-order valence-corrected chi connectivity index (χ3v) is 5.25. The Morgan fingerprint density at radius 1 is 1.19 bits per heavy atom. The zero-order chi connectivity index (χ0) is 18.8. The van der Waals surface area contributed by atoms with Gasteiger partial charge in [-0.1, -0.05) is 18.2 Å². The highest BCUT2D eigenvalue weighted by Crippen LogP contribution is 2.28. The van der Waals surface area contributed by atoms with E-state index in [1.807, 2.05) is 6.07 Å². The number of carbonyl (C=O) groups excluding carboxylic acids is 1. The van der Waals surface area contributed by atoms with Crippen molar-refractivity contribution in [3.05, 3.63) is 60.0 Å². The molecule has 4 rings (SSSR count). The van der Waals surface area contributed by atoms with Gasteiger partial charge in [0, 0.05) is 42.1 Å². The van der Waals surface area contributed by atoms with E-state index in [9.17, 15) is 4.79 Å². The Kier molecular flexibility index (Phi) is 4.62. The molecule has 1 amide bonds. The molecule has 27 heavy (non-hydrogen) atoms. The quantitative estimate of drug-likeness (QED) is 0.746. The molecule has 0 atom stereocenters. The first-order valence-electron chi connectivity index (χ1n) is 9.23. The largest absolute Gasteiger partial charge is 0.382 e. The molecule has 0 aliphatic carbocycles. The van der Waals surface area contributed by atoms with E-state index in [4.69, 9.17) is 5.73 Å². The zero-order valence-corrected chi connectivity index (χ0v) is 15.4. The van der Waals surface area contributed by atoms with Gasteiger partial charge in [0.25, 0.3) is 5.91 Å². The summed E-state index contributed by atoms with van der Waals surface area (Å²) in [4.78, 5) is 22.5. The lowest BCUT2D eigenvalue weighted by molar-refractivity contribution is 0.100. The Morgan fingerprint density at radius 3 is 2.70 bits per heavy atom. The van der Waals surface area contributed by atoms with Crippen molar-refractivity contribution >= 4 is 28.2 Å². The van der Waals surface area contributed by atoms with Crippen LogP contribution >= 0.6 is 0 Å². The van der Waals surface area contributed by atoms with E-state index in [1.165, 1.54) is 17.6 Å². The van der Waals surface area contributed by atoms with E-state index in [0.717, 1.165) is 37.0 Å². The van der Waals surface area contributed by atoms with Crippen molar-refractivity contribution in [3.8, 4) is 0 Å². The van der Waals surface area contributed by atoms with Gasteiger partial charge in [0.1, 0.15) is 6.33 Å². The number of fused-ring (bicyclic) bond motifs is 1. The molecule has 1 aliphatic heterocycles. The topological polar surface area (TPSA) is 84.1 Å². The number of carbonyl (C=O) groups is 1. The van der Waals surface area contributed by atoms with Crippen molar-refractivity contribution in [3.63, 3.8) is 0 Å². The number of benzene rings is 2. The number of hydrogen-bond acceptors (Lipinski definition) is 5. The fraction of sp³-hybridized carbons (Fsp3) is 0.286. The number of nitrogens with one attached hydrogen (secondary N) is 1. The van der Waals surface area contributed by atoms with E-state index in [1.54, 1.807) is 12.3 Å². The average molecular weight is 361 g/mol. The molecule has 6 heteroatoms. The molecule has 1 saturated heterocycles. The summed E-state index contributed by atoms with van der Waals surface area (Å²) in [6.45, 7) is 4.18. The van der Waals surface area contributed by atoms with Gasteiger partial charge in [-0.3, -0.25) is 4.79 Å². The Balaban J connectivity index is 1.51. The van der Waals surface area contributed by atoms with Crippen molar-refractivity contribution in [2.24, 2.45) is 5.73 Å². The summed E-state index contributed by atoms with van der Waals surface area (Å²) < 4.78 is 0. The second kappa shape index (κ2) is 7.23. The van der Waals surface area contributed by atoms with Gasteiger partial charge in [-0.15, -0.1) is 0 Å². The van der Waals surface area contributed by atoms with Crippen molar-refractivity contribution in [2.75, 3.05) is 23.3 Å². The van der Waals surface area contributed by atoms with Crippen LogP contribution in [0.4, 0.5) is 11.4 Å². The minimum Gasteiger partial charge on any atom is -0.382 e. The highest BCUT2D eigenvalue weighted by atomic mass is 16.1. The second-order valence-electron chi connectivity index (χ2n) is 7.00. The van der Waals surface area contributed by atoms with Crippen molar-refractivity contribution in [2.45, 2.75) is 25.8 Å². The number of anilines is 2. The Morgan fingerprint density at radius 2 is 1.96 bits per heavy atom. The molecule has 2 heterocycles. The fourth-order valence-corrected chi connectivity index (χ4v) is 3.80. The lowest BCUT2D eigenvalue weighted by Crippen LogP contribution is -2.39. The van der Waals surface area contributed by atoms with Crippen LogP contribution in [0.25, 0.3) is 10.9 Å². The minimum absolute atomic E-state index is 0.369. The maximum atomic E-state index is 11.7. The SMILES string of the molecule is Cc1ccccc1N1CCC(Nc2ccc(C(N)=O)c3ncncc23)CC1. The number of aryl methyl sites for hydroxylation is 1. The van der Waals surface area contributed by atoms with Crippen LogP contribution in [0.1, 0.15) is 28.8 Å². The number of nitrogens with zero attached hydrogens (tertiary/aromatic N) is 3. The number of aromatic nitrogens is 2. The van der Waals surface area contributed by atoms with Crippen LogP contribution < -0.4 is 16.0 Å². The third-order valence-electron chi connectivity index (χ3n) is 5.25. The van der Waals surface area contributed by atoms with Gasteiger partial charge >= 0.3 is 0 Å². The van der Waals surface area contributed by atoms with Gasteiger partial charge < -0.3 is 16.0 Å². The summed E-state index contributed by atoms with van der Waals surface area (Å²) in [6, 6.07) is 12.5. The van der Waals surface area contributed by atoms with Crippen LogP contribution in [0.5, 0.6) is 0 Å². The summed E-state index contributed by atoms with van der Waals surface area (Å²) in [5.41, 5.74) is 10.1. The minimum atomic E-state index is -0.475. The molecule has 0 spiro atoms. The van der Waals surface area contributed by atoms with Crippen LogP contribution in [0.2, 0.25) is 0 Å². The summed E-state index contributed by atoms with van der Waals surface area (Å²) in [6.07, 6.45) is 5.26. The van der Waals surface area contributed by atoms with Crippen LogP contribution in [-0.4, -0.2) is 35.0 Å². The van der Waals surface area contributed by atoms with E-state index in [-0.39, 0.29) is 0 Å². The summed E-state index contributed by atoms with van der Waals surface area (Å²) in [5, 5.41) is 4.45. The molecule has 0 saturated carbocycles. The van der Waals surface area contributed by atoms with Gasteiger partial charge in [0.05, 0.1) is 11.1 Å². The Bertz CT molecular complexity index is 979. The third kappa shape index (κ3) is 3.43. The van der Waals surface area contributed by atoms with E-state index in [2.05, 4.69) is 51.4 Å². The first-order chi connectivity index (χ1) is 13.1. The molecule has 1 aliphatic rings. The Labute approximate surface area is 158 Å². The van der Waals surface area contributed by atoms with Gasteiger partial charge in [0.15, 0.2) is 0 Å². The van der Waals surface area contributed by atoms with Crippen molar-refractivity contribution < 1.29 is 4.79 Å². The molecule has 2 aromatic carbocycles. The molecular formula is C21H23N5O. The van der Waals surface area contributed by atoms with Crippen molar-refractivity contribution in [1.82, 2.24) is 9.97 Å². The van der Waals surface area contributed by atoms with Crippen LogP contribution in [0, 0.1) is 6.92 Å². The van der Waals surface area contributed by atoms with Gasteiger partial charge in [-0.2, -0.15) is 0 Å². The standard InChI is InChI=1S/C21H23N5O/c1-14-4-2-3-5-19(14)26-10-8-15(9-11-26)25-18-7-6-16(21(22)27)20-17(18)12-23-13-24-20/h2-7,12-13,15,25H,8-11H2,1H3,(H2,22,27). The summed E-state index contributed by atoms with van der Waals surface area (Å²) >= 11 is 0. The molecule has 0 bridgehead atoms. The molecule has 1 aromatic heterocycles. The smallest absolute Gasteiger partial charge is 0.250 e. The number of nitrogens with two attached hydrogens (primary N) is 1. The van der Waals surface area contributed by atoms with E-state index < -0.39 is 5.91 Å². The van der Waals surface area contributed by atoms with Crippen LogP contribution in [0.3, 0.4) is 0 Å². The van der Waals surface area contributed by atoms with Gasteiger partial charge in [-0.05, 0) is 43.5 Å². The molecule has 138 valence electrons. The lowest BCUT2D eigenvalue weighted by Gasteiger charge is -2.35. The maximum absolute atomic E-state index is 11.7. The predicted molar refractivity (Wildman–Crippen MR) is 108 cm³/mol. The molecule has 1 fully saturated rings. The number of primary amides is 1. The van der Waals surface area contributed by atoms with Crippen LogP contribution in [0.15, 0.2) is 48.9 Å². The molecular weight excluding hydrogens is 338 g/mol.